The van der Waals surface area contributed by atoms with Gasteiger partial charge in [-0.3, -0.25) is 9.59 Å². The number of hydrogen-bond donors (Lipinski definition) is 1. The predicted octanol–water partition coefficient (Wildman–Crippen LogP) is 0.252. The maximum absolute atomic E-state index is 10.7. The summed E-state index contributed by atoms with van der Waals surface area (Å²) in [6.07, 6.45) is -0.844. The standard InChI is InChI=1S/C9H16O5/c1-6(11)13-8(5-10)9(3,4)14-7(2)12/h8,10H,5H2,1-4H3/t8-/m1/s1. The lowest BCUT2D eigenvalue weighted by molar-refractivity contribution is -0.182. The summed E-state index contributed by atoms with van der Waals surface area (Å²) < 4.78 is 9.71. The van der Waals surface area contributed by atoms with Gasteiger partial charge in [-0.05, 0) is 13.8 Å². The van der Waals surface area contributed by atoms with Crippen molar-refractivity contribution in [3.63, 3.8) is 0 Å². The lowest BCUT2D eigenvalue weighted by atomic mass is 10.0. The van der Waals surface area contributed by atoms with E-state index in [4.69, 9.17) is 14.6 Å². The molecule has 0 bridgehead atoms. The van der Waals surface area contributed by atoms with Crippen LogP contribution >= 0.6 is 0 Å². The van der Waals surface area contributed by atoms with Crippen molar-refractivity contribution in [1.82, 2.24) is 0 Å². The van der Waals surface area contributed by atoms with Gasteiger partial charge in [-0.2, -0.15) is 0 Å². The smallest absolute Gasteiger partial charge is 0.303 e. The number of ether oxygens (including phenoxy) is 2. The Bertz CT molecular complexity index is 221. The van der Waals surface area contributed by atoms with Crippen LogP contribution in [0.5, 0.6) is 0 Å². The van der Waals surface area contributed by atoms with Gasteiger partial charge in [0.15, 0.2) is 6.10 Å². The molecular weight excluding hydrogens is 188 g/mol. The van der Waals surface area contributed by atoms with Crippen LogP contribution in [0, 0.1) is 0 Å². The van der Waals surface area contributed by atoms with E-state index in [9.17, 15) is 9.59 Å². The predicted molar refractivity (Wildman–Crippen MR) is 48.5 cm³/mol. The molecular formula is C9H16O5. The van der Waals surface area contributed by atoms with Crippen molar-refractivity contribution in [3.05, 3.63) is 0 Å². The van der Waals surface area contributed by atoms with Crippen molar-refractivity contribution in [1.29, 1.82) is 0 Å². The summed E-state index contributed by atoms with van der Waals surface area (Å²) >= 11 is 0. The zero-order valence-corrected chi connectivity index (χ0v) is 8.86. The second-order valence-corrected chi connectivity index (χ2v) is 3.48. The molecule has 82 valence electrons. The number of aliphatic hydroxyl groups excluding tert-OH is 1. The second-order valence-electron chi connectivity index (χ2n) is 3.48. The van der Waals surface area contributed by atoms with Crippen LogP contribution in [0.3, 0.4) is 0 Å². The number of aliphatic hydroxyl groups is 1. The molecule has 0 fully saturated rings. The molecule has 0 rings (SSSR count). The molecule has 0 saturated carbocycles. The average molecular weight is 204 g/mol. The Morgan fingerprint density at radius 3 is 2.07 bits per heavy atom. The van der Waals surface area contributed by atoms with Gasteiger partial charge in [-0.1, -0.05) is 0 Å². The zero-order valence-electron chi connectivity index (χ0n) is 8.86. The second kappa shape index (κ2) is 4.95. The average Bonchev–Trinajstić information content (AvgIpc) is 1.96. The highest BCUT2D eigenvalue weighted by atomic mass is 16.6. The van der Waals surface area contributed by atoms with Crippen molar-refractivity contribution < 1.29 is 24.2 Å². The number of rotatable bonds is 4. The molecule has 0 aromatic rings. The molecule has 0 unspecified atom stereocenters. The fourth-order valence-electron chi connectivity index (χ4n) is 1.04. The largest absolute Gasteiger partial charge is 0.456 e. The molecule has 0 saturated heterocycles. The number of hydrogen-bond acceptors (Lipinski definition) is 5. The Morgan fingerprint density at radius 2 is 1.79 bits per heavy atom. The summed E-state index contributed by atoms with van der Waals surface area (Å²) in [6, 6.07) is 0. The monoisotopic (exact) mass is 204 g/mol. The molecule has 0 aliphatic rings. The first kappa shape index (κ1) is 12.9. The van der Waals surface area contributed by atoms with Gasteiger partial charge >= 0.3 is 11.9 Å². The lowest BCUT2D eigenvalue weighted by Crippen LogP contribution is -2.45. The molecule has 0 radical (unpaired) electrons. The number of esters is 2. The van der Waals surface area contributed by atoms with E-state index in [1.807, 2.05) is 0 Å². The summed E-state index contributed by atoms with van der Waals surface area (Å²) in [6.45, 7) is 5.23. The van der Waals surface area contributed by atoms with Crippen LogP contribution < -0.4 is 0 Å². The Hall–Kier alpha value is -1.10. The molecule has 1 N–H and O–H groups in total. The summed E-state index contributed by atoms with van der Waals surface area (Å²) in [5, 5.41) is 8.95. The van der Waals surface area contributed by atoms with Crippen LogP contribution in [0.4, 0.5) is 0 Å². The molecule has 0 aliphatic heterocycles. The Kier molecular flexibility index (Phi) is 4.56. The summed E-state index contributed by atoms with van der Waals surface area (Å²) in [5.74, 6) is -1.01. The van der Waals surface area contributed by atoms with E-state index in [2.05, 4.69) is 0 Å². The van der Waals surface area contributed by atoms with Crippen LogP contribution in [0.2, 0.25) is 0 Å². The molecule has 0 aromatic heterocycles. The third-order valence-corrected chi connectivity index (χ3v) is 1.66. The van der Waals surface area contributed by atoms with Crippen LogP contribution in [-0.4, -0.2) is 35.4 Å². The Balaban J connectivity index is 4.47. The third-order valence-electron chi connectivity index (χ3n) is 1.66. The first-order valence-corrected chi connectivity index (χ1v) is 4.27. The van der Waals surface area contributed by atoms with Gasteiger partial charge in [0.1, 0.15) is 5.60 Å². The molecule has 0 spiro atoms. The van der Waals surface area contributed by atoms with Gasteiger partial charge in [-0.25, -0.2) is 0 Å². The van der Waals surface area contributed by atoms with E-state index >= 15 is 0 Å². The Morgan fingerprint density at radius 1 is 1.29 bits per heavy atom. The molecule has 14 heavy (non-hydrogen) atoms. The minimum atomic E-state index is -1.02. The molecule has 0 aromatic carbocycles. The zero-order chi connectivity index (χ0) is 11.4. The van der Waals surface area contributed by atoms with Crippen molar-refractivity contribution in [2.45, 2.75) is 39.4 Å². The van der Waals surface area contributed by atoms with E-state index in [1.54, 1.807) is 13.8 Å². The van der Waals surface area contributed by atoms with Gasteiger partial charge < -0.3 is 14.6 Å². The topological polar surface area (TPSA) is 72.8 Å². The van der Waals surface area contributed by atoms with Crippen molar-refractivity contribution >= 4 is 11.9 Å². The van der Waals surface area contributed by atoms with Gasteiger partial charge in [-0.15, -0.1) is 0 Å². The fraction of sp³-hybridized carbons (Fsp3) is 0.778. The lowest BCUT2D eigenvalue weighted by Gasteiger charge is -2.31. The first-order valence-electron chi connectivity index (χ1n) is 4.27. The van der Waals surface area contributed by atoms with Gasteiger partial charge in [0.05, 0.1) is 6.61 Å². The number of carbonyl (C=O) groups is 2. The normalized spacial score (nSPS) is 13.2. The third kappa shape index (κ3) is 4.23. The molecule has 5 nitrogen and oxygen atoms in total. The Labute approximate surface area is 83.0 Å². The van der Waals surface area contributed by atoms with Gasteiger partial charge in [0.2, 0.25) is 0 Å². The van der Waals surface area contributed by atoms with E-state index in [1.165, 1.54) is 13.8 Å². The highest BCUT2D eigenvalue weighted by Gasteiger charge is 2.34. The fourth-order valence-corrected chi connectivity index (χ4v) is 1.04. The van der Waals surface area contributed by atoms with Crippen LogP contribution in [0.25, 0.3) is 0 Å². The van der Waals surface area contributed by atoms with Crippen LogP contribution in [-0.2, 0) is 19.1 Å². The summed E-state index contributed by atoms with van der Waals surface area (Å²) in [5.41, 5.74) is -1.02. The summed E-state index contributed by atoms with van der Waals surface area (Å²) in [7, 11) is 0. The van der Waals surface area contributed by atoms with E-state index in [0.717, 1.165) is 0 Å². The molecule has 0 heterocycles. The van der Waals surface area contributed by atoms with Crippen molar-refractivity contribution in [2.24, 2.45) is 0 Å². The number of carbonyl (C=O) groups excluding carboxylic acids is 2. The van der Waals surface area contributed by atoms with Crippen LogP contribution in [0.15, 0.2) is 0 Å². The molecule has 0 aliphatic carbocycles. The maximum atomic E-state index is 10.7. The van der Waals surface area contributed by atoms with E-state index in [-0.39, 0.29) is 6.61 Å². The highest BCUT2D eigenvalue weighted by Crippen LogP contribution is 2.18. The van der Waals surface area contributed by atoms with Crippen molar-refractivity contribution in [2.75, 3.05) is 6.61 Å². The SMILES string of the molecule is CC(=O)O[C@H](CO)C(C)(C)OC(C)=O. The van der Waals surface area contributed by atoms with Gasteiger partial charge in [0, 0.05) is 13.8 Å². The molecule has 1 atom stereocenters. The first-order chi connectivity index (χ1) is 6.29. The van der Waals surface area contributed by atoms with Crippen molar-refractivity contribution in [3.8, 4) is 0 Å². The quantitative estimate of drug-likeness (QED) is 0.664. The van der Waals surface area contributed by atoms with E-state index < -0.39 is 23.6 Å². The summed E-state index contributed by atoms with van der Waals surface area (Å²) in [4.78, 5) is 21.4. The van der Waals surface area contributed by atoms with E-state index in [0.29, 0.717) is 0 Å². The minimum absolute atomic E-state index is 0.389. The molecule has 0 amide bonds. The van der Waals surface area contributed by atoms with Crippen LogP contribution in [0.1, 0.15) is 27.7 Å². The highest BCUT2D eigenvalue weighted by molar-refractivity contribution is 5.67. The van der Waals surface area contributed by atoms with Gasteiger partial charge in [0.25, 0.3) is 0 Å². The molecule has 5 heteroatoms. The minimum Gasteiger partial charge on any atom is -0.456 e. The maximum Gasteiger partial charge on any atom is 0.303 e.